The van der Waals surface area contributed by atoms with Crippen molar-refractivity contribution in [2.45, 2.75) is 123 Å². The fraction of sp³-hybridized carbons (Fsp3) is 0.793. The van der Waals surface area contributed by atoms with Crippen LogP contribution in [0, 0.1) is 23.2 Å². The number of hydrogen-bond acceptors (Lipinski definition) is 3. The van der Waals surface area contributed by atoms with Crippen LogP contribution >= 0.6 is 0 Å². The molecule has 3 aliphatic carbocycles. The third-order valence-electron chi connectivity index (χ3n) is 9.61. The number of allylic oxidation sites excluding steroid dienone is 3. The van der Waals surface area contributed by atoms with Crippen molar-refractivity contribution in [1.29, 1.82) is 0 Å². The molecule has 182 valence electrons. The van der Waals surface area contributed by atoms with Crippen LogP contribution < -0.4 is 0 Å². The molecule has 6 atom stereocenters. The molecule has 0 aromatic rings. The largest absolute Gasteiger partial charge is 0.393 e. The van der Waals surface area contributed by atoms with E-state index < -0.39 is 17.8 Å². The van der Waals surface area contributed by atoms with Gasteiger partial charge in [0, 0.05) is 6.42 Å². The van der Waals surface area contributed by atoms with Gasteiger partial charge in [0.2, 0.25) is 0 Å². The van der Waals surface area contributed by atoms with Gasteiger partial charge in [-0.25, -0.2) is 0 Å². The van der Waals surface area contributed by atoms with E-state index in [-0.39, 0.29) is 0 Å². The van der Waals surface area contributed by atoms with Crippen LogP contribution in [0.2, 0.25) is 0 Å². The highest BCUT2D eigenvalue weighted by Gasteiger charge is 2.50. The van der Waals surface area contributed by atoms with Crippen LogP contribution in [-0.4, -0.2) is 33.1 Å². The summed E-state index contributed by atoms with van der Waals surface area (Å²) in [4.78, 5) is 0. The maximum absolute atomic E-state index is 10.6. The molecule has 3 nitrogen and oxygen atoms in total. The Hall–Kier alpha value is -0.900. The minimum atomic E-state index is -0.616. The molecule has 3 fully saturated rings. The van der Waals surface area contributed by atoms with E-state index in [2.05, 4.69) is 46.4 Å². The van der Waals surface area contributed by atoms with Crippen LogP contribution in [0.25, 0.3) is 0 Å². The number of fused-ring (bicyclic) bond motifs is 1. The minimum Gasteiger partial charge on any atom is -0.393 e. The maximum atomic E-state index is 10.6. The number of rotatable bonds is 8. The molecule has 0 heterocycles. The predicted octanol–water partition coefficient (Wildman–Crippen LogP) is 6.48. The van der Waals surface area contributed by atoms with Crippen LogP contribution in [-0.2, 0) is 0 Å². The molecule has 3 aliphatic rings. The predicted molar refractivity (Wildman–Crippen MR) is 133 cm³/mol. The Kier molecular flexibility index (Phi) is 8.50. The summed E-state index contributed by atoms with van der Waals surface area (Å²) in [7, 11) is 0. The van der Waals surface area contributed by atoms with Crippen LogP contribution in [0.5, 0.6) is 0 Å². The van der Waals surface area contributed by atoms with Crippen molar-refractivity contribution in [2.75, 3.05) is 0 Å². The van der Waals surface area contributed by atoms with Crippen molar-refractivity contribution >= 4 is 0 Å². The summed E-state index contributed by atoms with van der Waals surface area (Å²) < 4.78 is 0. The minimum absolute atomic E-state index is 0.371. The van der Waals surface area contributed by atoms with E-state index in [9.17, 15) is 15.3 Å². The van der Waals surface area contributed by atoms with Crippen molar-refractivity contribution in [2.24, 2.45) is 23.2 Å². The Morgan fingerprint density at radius 2 is 1.91 bits per heavy atom. The first-order valence-corrected chi connectivity index (χ1v) is 13.3. The molecule has 0 saturated heterocycles. The fourth-order valence-corrected chi connectivity index (χ4v) is 7.24. The Morgan fingerprint density at radius 1 is 1.19 bits per heavy atom. The van der Waals surface area contributed by atoms with Crippen LogP contribution in [0.15, 0.2) is 35.5 Å². The SMILES string of the molecule is C=C1/C(=C/C=C2/CCC[C@]3(C)[C@@H]([C@H](C)CCCC(O)(CC)CC)CC[C@@H]23)C[C@@H](O)C[C@@H]1O. The molecular weight excluding hydrogens is 396 g/mol. The highest BCUT2D eigenvalue weighted by molar-refractivity contribution is 5.38. The first-order chi connectivity index (χ1) is 15.1. The third-order valence-corrected chi connectivity index (χ3v) is 9.61. The molecule has 3 saturated carbocycles. The molecule has 0 aromatic carbocycles. The monoisotopic (exact) mass is 444 g/mol. The van der Waals surface area contributed by atoms with E-state index in [0.29, 0.717) is 30.1 Å². The molecule has 3 heteroatoms. The molecule has 0 aromatic heterocycles. The topological polar surface area (TPSA) is 60.7 Å². The molecule has 32 heavy (non-hydrogen) atoms. The standard InChI is InChI=1S/C29H48O3/c1-6-29(32,7-2)17-8-10-20(3)25-14-15-26-22(11-9-16-28(25,26)5)12-13-23-18-24(30)19-27(31)21(23)4/h12-13,20,24-27,30-32H,4,6-11,14-19H2,1-3,5H3/b22-12-,23-13+/t20-,24-,25-,26+,27+,28-/m1/s1. The molecule has 0 bridgehead atoms. The summed E-state index contributed by atoms with van der Waals surface area (Å²) in [5, 5.41) is 30.9. The van der Waals surface area contributed by atoms with E-state index in [1.165, 1.54) is 38.5 Å². The molecule has 0 unspecified atom stereocenters. The molecule has 0 aliphatic heterocycles. The highest BCUT2D eigenvalue weighted by Crippen LogP contribution is 2.60. The van der Waals surface area contributed by atoms with Crippen LogP contribution in [0.3, 0.4) is 0 Å². The lowest BCUT2D eigenvalue weighted by molar-refractivity contribution is 0.0178. The summed E-state index contributed by atoms with van der Waals surface area (Å²) >= 11 is 0. The van der Waals surface area contributed by atoms with E-state index >= 15 is 0 Å². The maximum Gasteiger partial charge on any atom is 0.0811 e. The van der Waals surface area contributed by atoms with Gasteiger partial charge >= 0.3 is 0 Å². The molecule has 3 N–H and O–H groups in total. The second-order valence-electron chi connectivity index (χ2n) is 11.5. The quantitative estimate of drug-likeness (QED) is 0.401. The van der Waals surface area contributed by atoms with Gasteiger partial charge in [-0.1, -0.05) is 64.8 Å². The van der Waals surface area contributed by atoms with Crippen molar-refractivity contribution in [1.82, 2.24) is 0 Å². The number of aliphatic hydroxyl groups excluding tert-OH is 2. The van der Waals surface area contributed by atoms with Crippen molar-refractivity contribution in [3.05, 3.63) is 35.5 Å². The Morgan fingerprint density at radius 3 is 2.59 bits per heavy atom. The van der Waals surface area contributed by atoms with Gasteiger partial charge in [0.15, 0.2) is 0 Å². The molecule has 0 amide bonds. The second-order valence-corrected chi connectivity index (χ2v) is 11.5. The van der Waals surface area contributed by atoms with Crippen LogP contribution in [0.4, 0.5) is 0 Å². The van der Waals surface area contributed by atoms with Crippen LogP contribution in [0.1, 0.15) is 105 Å². The molecule has 0 spiro atoms. The number of hydrogen-bond donors (Lipinski definition) is 3. The summed E-state index contributed by atoms with van der Waals surface area (Å²) in [6.45, 7) is 13.3. The van der Waals surface area contributed by atoms with Crippen molar-refractivity contribution < 1.29 is 15.3 Å². The first kappa shape index (κ1) is 25.7. The van der Waals surface area contributed by atoms with E-state index in [4.69, 9.17) is 0 Å². The third kappa shape index (κ3) is 5.42. The van der Waals surface area contributed by atoms with Gasteiger partial charge < -0.3 is 15.3 Å². The van der Waals surface area contributed by atoms with Crippen molar-refractivity contribution in [3.63, 3.8) is 0 Å². The van der Waals surface area contributed by atoms with Gasteiger partial charge in [-0.15, -0.1) is 0 Å². The lowest BCUT2D eigenvalue weighted by atomic mass is 9.60. The van der Waals surface area contributed by atoms with Gasteiger partial charge in [-0.3, -0.25) is 0 Å². The zero-order valence-electron chi connectivity index (χ0n) is 21.1. The summed E-state index contributed by atoms with van der Waals surface area (Å²) in [6, 6.07) is 0. The highest BCUT2D eigenvalue weighted by atomic mass is 16.3. The van der Waals surface area contributed by atoms with Crippen molar-refractivity contribution in [3.8, 4) is 0 Å². The lowest BCUT2D eigenvalue weighted by Gasteiger charge is -2.44. The smallest absolute Gasteiger partial charge is 0.0811 e. The average molecular weight is 445 g/mol. The zero-order valence-corrected chi connectivity index (χ0v) is 21.1. The van der Waals surface area contributed by atoms with Gasteiger partial charge in [0.1, 0.15) is 0 Å². The average Bonchev–Trinajstić information content (AvgIpc) is 3.12. The van der Waals surface area contributed by atoms with Gasteiger partial charge in [0.05, 0.1) is 17.8 Å². The summed E-state index contributed by atoms with van der Waals surface area (Å²) in [5.74, 6) is 2.10. The molecule has 3 rings (SSSR count). The van der Waals surface area contributed by atoms with E-state index in [0.717, 1.165) is 42.7 Å². The zero-order chi connectivity index (χ0) is 23.5. The molecular formula is C29H48O3. The number of aliphatic hydroxyl groups is 3. The fourth-order valence-electron chi connectivity index (χ4n) is 7.24. The summed E-state index contributed by atoms with van der Waals surface area (Å²) in [5.41, 5.74) is 3.26. The van der Waals surface area contributed by atoms with Gasteiger partial charge in [-0.2, -0.15) is 0 Å². The Bertz CT molecular complexity index is 716. The Balaban J connectivity index is 1.67. The first-order valence-electron chi connectivity index (χ1n) is 13.3. The van der Waals surface area contributed by atoms with E-state index in [1.807, 2.05) is 0 Å². The second kappa shape index (κ2) is 10.6. The summed E-state index contributed by atoms with van der Waals surface area (Å²) in [6.07, 6.45) is 15.7. The lowest BCUT2D eigenvalue weighted by Crippen LogP contribution is -2.36. The molecule has 0 radical (unpaired) electrons. The van der Waals surface area contributed by atoms with Gasteiger partial charge in [-0.05, 0) is 92.1 Å². The normalized spacial score (nSPS) is 37.2. The van der Waals surface area contributed by atoms with E-state index in [1.54, 1.807) is 5.57 Å². The van der Waals surface area contributed by atoms with Gasteiger partial charge in [0.25, 0.3) is 0 Å². The Labute approximate surface area is 196 Å².